The molecule has 1 aromatic rings. The SMILES string of the molecule is NC(CCCC(F)(F)F)CSc1ccccc1. The van der Waals surface area contributed by atoms with Crippen LogP contribution in [0.4, 0.5) is 13.2 Å². The van der Waals surface area contributed by atoms with Crippen LogP contribution in [0.2, 0.25) is 0 Å². The fraction of sp³-hybridized carbons (Fsp3) is 0.500. The van der Waals surface area contributed by atoms with E-state index >= 15 is 0 Å². The normalized spacial score (nSPS) is 13.6. The van der Waals surface area contributed by atoms with Crippen LogP contribution < -0.4 is 5.73 Å². The third-order valence-corrected chi connectivity index (χ3v) is 3.44. The molecule has 0 spiro atoms. The first-order valence-corrected chi connectivity index (χ1v) is 6.46. The van der Waals surface area contributed by atoms with Gasteiger partial charge in [0.05, 0.1) is 0 Å². The van der Waals surface area contributed by atoms with Crippen molar-refractivity contribution in [3.8, 4) is 0 Å². The molecule has 2 N–H and O–H groups in total. The van der Waals surface area contributed by atoms with Crippen molar-refractivity contribution < 1.29 is 13.2 Å². The lowest BCUT2D eigenvalue weighted by Gasteiger charge is -2.12. The lowest BCUT2D eigenvalue weighted by Crippen LogP contribution is -2.23. The van der Waals surface area contributed by atoms with Crippen molar-refractivity contribution in [3.63, 3.8) is 0 Å². The van der Waals surface area contributed by atoms with Crippen LogP contribution in [0.3, 0.4) is 0 Å². The molecule has 1 aromatic carbocycles. The lowest BCUT2D eigenvalue weighted by atomic mass is 10.1. The van der Waals surface area contributed by atoms with Gasteiger partial charge in [-0.25, -0.2) is 0 Å². The Hall–Kier alpha value is -0.680. The van der Waals surface area contributed by atoms with E-state index in [-0.39, 0.29) is 12.5 Å². The molecule has 17 heavy (non-hydrogen) atoms. The summed E-state index contributed by atoms with van der Waals surface area (Å²) in [6.07, 6.45) is -4.28. The Labute approximate surface area is 104 Å². The summed E-state index contributed by atoms with van der Waals surface area (Å²) < 4.78 is 35.7. The maximum absolute atomic E-state index is 11.9. The molecular formula is C12H16F3NS. The molecule has 0 fully saturated rings. The maximum Gasteiger partial charge on any atom is 0.389 e. The number of halogens is 3. The third kappa shape index (κ3) is 7.28. The Morgan fingerprint density at radius 1 is 1.18 bits per heavy atom. The van der Waals surface area contributed by atoms with Crippen LogP contribution in [-0.2, 0) is 0 Å². The van der Waals surface area contributed by atoms with Crippen LogP contribution in [0.15, 0.2) is 35.2 Å². The van der Waals surface area contributed by atoms with Crippen molar-refractivity contribution in [2.75, 3.05) is 5.75 Å². The standard InChI is InChI=1S/C12H16F3NS/c13-12(14,15)8-4-5-10(16)9-17-11-6-2-1-3-7-11/h1-3,6-7,10H,4-5,8-9,16H2. The first kappa shape index (κ1) is 14.4. The van der Waals surface area contributed by atoms with Crippen LogP contribution in [-0.4, -0.2) is 18.0 Å². The van der Waals surface area contributed by atoms with Crippen molar-refractivity contribution in [2.24, 2.45) is 5.73 Å². The van der Waals surface area contributed by atoms with E-state index in [1.54, 1.807) is 11.8 Å². The Bertz CT molecular complexity index is 313. The molecule has 0 heterocycles. The van der Waals surface area contributed by atoms with Crippen LogP contribution >= 0.6 is 11.8 Å². The fourth-order valence-corrected chi connectivity index (χ4v) is 2.29. The van der Waals surface area contributed by atoms with Gasteiger partial charge in [0.25, 0.3) is 0 Å². The van der Waals surface area contributed by atoms with E-state index < -0.39 is 12.6 Å². The number of rotatable bonds is 6. The molecule has 1 nitrogen and oxygen atoms in total. The second kappa shape index (κ2) is 6.91. The zero-order valence-corrected chi connectivity index (χ0v) is 10.2. The van der Waals surface area contributed by atoms with Gasteiger partial charge in [-0.2, -0.15) is 13.2 Å². The molecule has 1 atom stereocenters. The largest absolute Gasteiger partial charge is 0.389 e. The molecule has 0 bridgehead atoms. The van der Waals surface area contributed by atoms with E-state index in [1.165, 1.54) is 0 Å². The highest BCUT2D eigenvalue weighted by Gasteiger charge is 2.26. The quantitative estimate of drug-likeness (QED) is 0.789. The van der Waals surface area contributed by atoms with Gasteiger partial charge >= 0.3 is 6.18 Å². The Morgan fingerprint density at radius 2 is 1.82 bits per heavy atom. The summed E-state index contributed by atoms with van der Waals surface area (Å²) in [6.45, 7) is 0. The molecule has 0 aliphatic carbocycles. The zero-order valence-electron chi connectivity index (χ0n) is 9.41. The minimum atomic E-state index is -4.06. The maximum atomic E-state index is 11.9. The van der Waals surface area contributed by atoms with Crippen molar-refractivity contribution in [2.45, 2.75) is 36.4 Å². The molecule has 0 aromatic heterocycles. The molecule has 5 heteroatoms. The molecule has 0 saturated carbocycles. The smallest absolute Gasteiger partial charge is 0.327 e. The van der Waals surface area contributed by atoms with Crippen LogP contribution in [0.1, 0.15) is 19.3 Å². The summed E-state index contributed by atoms with van der Waals surface area (Å²) in [6, 6.07) is 9.53. The summed E-state index contributed by atoms with van der Waals surface area (Å²) in [4.78, 5) is 1.10. The summed E-state index contributed by atoms with van der Waals surface area (Å²) >= 11 is 1.58. The second-order valence-electron chi connectivity index (χ2n) is 3.89. The first-order chi connectivity index (χ1) is 7.97. The highest BCUT2D eigenvalue weighted by atomic mass is 32.2. The summed E-state index contributed by atoms with van der Waals surface area (Å²) in [7, 11) is 0. The van der Waals surface area contributed by atoms with Crippen LogP contribution in [0.5, 0.6) is 0 Å². The minimum absolute atomic E-state index is 0.111. The van der Waals surface area contributed by atoms with Gasteiger partial charge in [-0.3, -0.25) is 0 Å². The van der Waals surface area contributed by atoms with Crippen molar-refractivity contribution in [1.29, 1.82) is 0 Å². The second-order valence-corrected chi connectivity index (χ2v) is 4.98. The number of nitrogens with two attached hydrogens (primary N) is 1. The van der Waals surface area contributed by atoms with E-state index in [0.29, 0.717) is 12.2 Å². The average Bonchev–Trinajstić information content (AvgIpc) is 2.26. The number of hydrogen-bond donors (Lipinski definition) is 1. The average molecular weight is 263 g/mol. The van der Waals surface area contributed by atoms with Gasteiger partial charge in [0.15, 0.2) is 0 Å². The topological polar surface area (TPSA) is 26.0 Å². The number of alkyl halides is 3. The van der Waals surface area contributed by atoms with Crippen molar-refractivity contribution in [3.05, 3.63) is 30.3 Å². The molecular weight excluding hydrogens is 247 g/mol. The molecule has 0 saturated heterocycles. The number of thioether (sulfide) groups is 1. The van der Waals surface area contributed by atoms with E-state index in [4.69, 9.17) is 5.73 Å². The molecule has 0 aliphatic rings. The zero-order chi connectivity index (χ0) is 12.7. The lowest BCUT2D eigenvalue weighted by molar-refractivity contribution is -0.135. The summed E-state index contributed by atoms with van der Waals surface area (Å²) in [5.74, 6) is 0.655. The first-order valence-electron chi connectivity index (χ1n) is 5.47. The van der Waals surface area contributed by atoms with Gasteiger partial charge in [-0.1, -0.05) is 18.2 Å². The van der Waals surface area contributed by atoms with Crippen molar-refractivity contribution in [1.82, 2.24) is 0 Å². The van der Waals surface area contributed by atoms with Gasteiger partial charge in [-0.05, 0) is 25.0 Å². The van der Waals surface area contributed by atoms with E-state index in [1.807, 2.05) is 30.3 Å². The van der Waals surface area contributed by atoms with Crippen LogP contribution in [0, 0.1) is 0 Å². The molecule has 1 unspecified atom stereocenters. The van der Waals surface area contributed by atoms with E-state index in [9.17, 15) is 13.2 Å². The Kier molecular flexibility index (Phi) is 5.85. The highest BCUT2D eigenvalue weighted by Crippen LogP contribution is 2.24. The molecule has 0 amide bonds. The van der Waals surface area contributed by atoms with E-state index in [2.05, 4.69) is 0 Å². The highest BCUT2D eigenvalue weighted by molar-refractivity contribution is 7.99. The summed E-state index contributed by atoms with van der Waals surface area (Å²) in [5, 5.41) is 0. The number of hydrogen-bond acceptors (Lipinski definition) is 2. The fourth-order valence-electron chi connectivity index (χ4n) is 1.37. The third-order valence-electron chi connectivity index (χ3n) is 2.24. The predicted octanol–water partition coefficient (Wildman–Crippen LogP) is 3.84. The van der Waals surface area contributed by atoms with Crippen molar-refractivity contribution >= 4 is 11.8 Å². The predicted molar refractivity (Wildman–Crippen MR) is 65.0 cm³/mol. The molecule has 0 aliphatic heterocycles. The Balaban J connectivity index is 2.15. The minimum Gasteiger partial charge on any atom is -0.327 e. The molecule has 1 rings (SSSR count). The van der Waals surface area contributed by atoms with Gasteiger partial charge in [0, 0.05) is 23.1 Å². The van der Waals surface area contributed by atoms with Gasteiger partial charge in [0.2, 0.25) is 0 Å². The monoisotopic (exact) mass is 263 g/mol. The van der Waals surface area contributed by atoms with Gasteiger partial charge in [-0.15, -0.1) is 11.8 Å². The number of benzene rings is 1. The van der Waals surface area contributed by atoms with E-state index in [0.717, 1.165) is 4.90 Å². The van der Waals surface area contributed by atoms with Gasteiger partial charge in [0.1, 0.15) is 0 Å². The Morgan fingerprint density at radius 3 is 2.41 bits per heavy atom. The van der Waals surface area contributed by atoms with Gasteiger partial charge < -0.3 is 5.73 Å². The molecule has 0 radical (unpaired) electrons. The summed E-state index contributed by atoms with van der Waals surface area (Å²) in [5.41, 5.74) is 5.76. The molecule has 96 valence electrons. The van der Waals surface area contributed by atoms with Crippen LogP contribution in [0.25, 0.3) is 0 Å².